The zero-order chi connectivity index (χ0) is 14.8. The summed E-state index contributed by atoms with van der Waals surface area (Å²) in [5, 5.41) is 9.25. The number of furan rings is 1. The molecule has 1 aromatic carbocycles. The first kappa shape index (κ1) is 13.5. The maximum atomic E-state index is 12.7. The van der Waals surface area contributed by atoms with Crippen molar-refractivity contribution in [3.05, 3.63) is 70.7 Å². The fraction of sp³-hybridized carbons (Fsp3) is 0.125. The lowest BCUT2D eigenvalue weighted by molar-refractivity contribution is 0.0983. The summed E-state index contributed by atoms with van der Waals surface area (Å²) < 4.78 is 5.41. The number of nitriles is 1. The van der Waals surface area contributed by atoms with Crippen LogP contribution in [0.3, 0.4) is 0 Å². The lowest BCUT2D eigenvalue weighted by Crippen LogP contribution is -2.23. The largest absolute Gasteiger partial charge is 0.469 e. The Bertz CT molecular complexity index is 729. The molecule has 2 atom stereocenters. The van der Waals surface area contributed by atoms with Crippen LogP contribution in [0.15, 0.2) is 63.7 Å². The molecular weight excluding hydrogens is 284 g/mol. The molecule has 0 saturated carbocycles. The number of nitrogens with zero attached hydrogens (tertiary/aromatic N) is 1. The first-order valence-corrected chi connectivity index (χ1v) is 7.29. The van der Waals surface area contributed by atoms with Gasteiger partial charge in [-0.3, -0.25) is 4.79 Å². The second-order valence-corrected chi connectivity index (χ2v) is 5.83. The van der Waals surface area contributed by atoms with Gasteiger partial charge in [0.25, 0.3) is 0 Å². The zero-order valence-electron chi connectivity index (χ0n) is 11.0. The maximum Gasteiger partial charge on any atom is 0.177 e. The molecule has 2 aromatic rings. The number of benzene rings is 1. The summed E-state index contributed by atoms with van der Waals surface area (Å²) in [4.78, 5) is 12.7. The van der Waals surface area contributed by atoms with Crippen molar-refractivity contribution in [1.82, 2.24) is 0 Å². The van der Waals surface area contributed by atoms with Crippen LogP contribution >= 0.6 is 11.8 Å². The van der Waals surface area contributed by atoms with Crippen molar-refractivity contribution in [3.8, 4) is 6.07 Å². The van der Waals surface area contributed by atoms with Crippen LogP contribution in [0, 0.1) is 11.3 Å². The smallest absolute Gasteiger partial charge is 0.177 e. The highest BCUT2D eigenvalue weighted by molar-refractivity contribution is 8.04. The number of carbonyl (C=O) groups is 1. The quantitative estimate of drug-likeness (QED) is 0.880. The number of hydrogen-bond acceptors (Lipinski definition) is 5. The molecule has 2 heterocycles. The van der Waals surface area contributed by atoms with E-state index in [0.29, 0.717) is 21.9 Å². The van der Waals surface area contributed by atoms with Crippen molar-refractivity contribution in [2.45, 2.75) is 11.2 Å². The van der Waals surface area contributed by atoms with E-state index in [4.69, 9.17) is 10.2 Å². The molecule has 0 radical (unpaired) electrons. The molecule has 0 fully saturated rings. The summed E-state index contributed by atoms with van der Waals surface area (Å²) >= 11 is 1.23. The molecule has 2 N–H and O–H groups in total. The van der Waals surface area contributed by atoms with Gasteiger partial charge < -0.3 is 10.2 Å². The Labute approximate surface area is 126 Å². The molecule has 0 aliphatic carbocycles. The van der Waals surface area contributed by atoms with Gasteiger partial charge in [-0.2, -0.15) is 5.26 Å². The number of Topliss-reactive ketones (excluding diaryl/α,β-unsaturated/α-hetero) is 1. The summed E-state index contributed by atoms with van der Waals surface area (Å²) in [6, 6.07) is 14.6. The summed E-state index contributed by atoms with van der Waals surface area (Å²) in [6.45, 7) is 0. The molecule has 0 spiro atoms. The summed E-state index contributed by atoms with van der Waals surface area (Å²) in [6.07, 6.45) is 1.54. The van der Waals surface area contributed by atoms with E-state index >= 15 is 0 Å². The molecular formula is C16H12N2O2S. The van der Waals surface area contributed by atoms with Crippen LogP contribution in [-0.2, 0) is 0 Å². The minimum atomic E-state index is -0.465. The van der Waals surface area contributed by atoms with Crippen molar-refractivity contribution >= 4 is 17.5 Å². The van der Waals surface area contributed by atoms with E-state index in [1.54, 1.807) is 24.3 Å². The SMILES string of the molecule is N#CC1=C(N)SC(C(=O)c2ccccc2)C1c1ccco1. The Hall–Kier alpha value is -2.45. The van der Waals surface area contributed by atoms with Crippen molar-refractivity contribution in [2.24, 2.45) is 5.73 Å². The topological polar surface area (TPSA) is 80.0 Å². The molecule has 0 bridgehead atoms. The Balaban J connectivity index is 2.00. The maximum absolute atomic E-state index is 12.7. The van der Waals surface area contributed by atoms with Gasteiger partial charge in [0.05, 0.1) is 34.1 Å². The normalized spacial score (nSPS) is 21.3. The van der Waals surface area contributed by atoms with Crippen molar-refractivity contribution in [2.75, 3.05) is 0 Å². The monoisotopic (exact) mass is 296 g/mol. The Morgan fingerprint density at radius 1 is 1.24 bits per heavy atom. The van der Waals surface area contributed by atoms with Gasteiger partial charge >= 0.3 is 0 Å². The molecule has 2 unspecified atom stereocenters. The fourth-order valence-electron chi connectivity index (χ4n) is 2.43. The van der Waals surface area contributed by atoms with Crippen molar-refractivity contribution in [1.29, 1.82) is 5.26 Å². The molecule has 5 heteroatoms. The standard InChI is InChI=1S/C16H12N2O2S/c17-9-11-13(12-7-4-8-20-12)15(21-16(11)18)14(19)10-5-2-1-3-6-10/h1-8,13,15H,18H2. The highest BCUT2D eigenvalue weighted by atomic mass is 32.2. The van der Waals surface area contributed by atoms with Gasteiger partial charge in [-0.05, 0) is 12.1 Å². The Kier molecular flexibility index (Phi) is 3.55. The first-order valence-electron chi connectivity index (χ1n) is 6.41. The zero-order valence-corrected chi connectivity index (χ0v) is 11.8. The number of ketones is 1. The summed E-state index contributed by atoms with van der Waals surface area (Å²) in [5.74, 6) is 0.117. The average molecular weight is 296 g/mol. The number of allylic oxidation sites excluding steroid dienone is 1. The number of hydrogen-bond donors (Lipinski definition) is 1. The summed E-state index contributed by atoms with van der Waals surface area (Å²) in [7, 11) is 0. The molecule has 104 valence electrons. The van der Waals surface area contributed by atoms with E-state index in [2.05, 4.69) is 6.07 Å². The first-order chi connectivity index (χ1) is 10.2. The van der Waals surface area contributed by atoms with Gasteiger partial charge in [0.2, 0.25) is 0 Å². The number of thioether (sulfide) groups is 1. The molecule has 3 rings (SSSR count). The third kappa shape index (κ3) is 2.34. The number of rotatable bonds is 3. The van der Waals surface area contributed by atoms with Gasteiger partial charge in [-0.25, -0.2) is 0 Å². The second kappa shape index (κ2) is 5.51. The van der Waals surface area contributed by atoms with Gasteiger partial charge in [-0.1, -0.05) is 42.1 Å². The van der Waals surface area contributed by atoms with Crippen LogP contribution in [0.2, 0.25) is 0 Å². The van der Waals surface area contributed by atoms with Gasteiger partial charge in [0, 0.05) is 5.56 Å². The van der Waals surface area contributed by atoms with E-state index in [1.165, 1.54) is 18.0 Å². The van der Waals surface area contributed by atoms with Crippen LogP contribution in [0.25, 0.3) is 0 Å². The molecule has 1 aliphatic rings. The van der Waals surface area contributed by atoms with E-state index in [-0.39, 0.29) is 5.78 Å². The van der Waals surface area contributed by atoms with E-state index < -0.39 is 11.2 Å². The Morgan fingerprint density at radius 2 is 2.00 bits per heavy atom. The van der Waals surface area contributed by atoms with Gasteiger partial charge in [0.1, 0.15) is 5.76 Å². The summed E-state index contributed by atoms with van der Waals surface area (Å²) in [5.41, 5.74) is 6.93. The van der Waals surface area contributed by atoms with E-state index in [9.17, 15) is 10.1 Å². The third-order valence-electron chi connectivity index (χ3n) is 3.42. The highest BCUT2D eigenvalue weighted by Gasteiger charge is 2.42. The predicted octanol–water partition coefficient (Wildman–Crippen LogP) is 3.06. The van der Waals surface area contributed by atoms with Crippen molar-refractivity contribution in [3.63, 3.8) is 0 Å². The second-order valence-electron chi connectivity index (χ2n) is 4.65. The molecule has 1 aliphatic heterocycles. The van der Waals surface area contributed by atoms with Crippen molar-refractivity contribution < 1.29 is 9.21 Å². The van der Waals surface area contributed by atoms with Crippen LogP contribution in [0.4, 0.5) is 0 Å². The van der Waals surface area contributed by atoms with Crippen LogP contribution in [0.5, 0.6) is 0 Å². The fourth-order valence-corrected chi connectivity index (χ4v) is 3.65. The predicted molar refractivity (Wildman–Crippen MR) is 80.4 cm³/mol. The minimum Gasteiger partial charge on any atom is -0.469 e. The average Bonchev–Trinajstić information content (AvgIpc) is 3.14. The number of nitrogens with two attached hydrogens (primary N) is 1. The number of carbonyl (C=O) groups excluding carboxylic acids is 1. The molecule has 1 aromatic heterocycles. The van der Waals surface area contributed by atoms with Crippen LogP contribution in [-0.4, -0.2) is 11.0 Å². The molecule has 21 heavy (non-hydrogen) atoms. The van der Waals surface area contributed by atoms with Crippen LogP contribution in [0.1, 0.15) is 22.0 Å². The lowest BCUT2D eigenvalue weighted by Gasteiger charge is -2.16. The minimum absolute atomic E-state index is 0.0461. The van der Waals surface area contributed by atoms with Gasteiger partial charge in [0.15, 0.2) is 5.78 Å². The van der Waals surface area contributed by atoms with E-state index in [0.717, 1.165) is 0 Å². The highest BCUT2D eigenvalue weighted by Crippen LogP contribution is 2.46. The third-order valence-corrected chi connectivity index (χ3v) is 4.63. The van der Waals surface area contributed by atoms with Gasteiger partial charge in [-0.15, -0.1) is 0 Å². The Morgan fingerprint density at radius 3 is 2.62 bits per heavy atom. The lowest BCUT2D eigenvalue weighted by atomic mass is 9.90. The van der Waals surface area contributed by atoms with E-state index in [1.807, 2.05) is 18.2 Å². The molecule has 0 saturated heterocycles. The molecule has 4 nitrogen and oxygen atoms in total. The molecule has 0 amide bonds. The van der Waals surface area contributed by atoms with Crippen LogP contribution < -0.4 is 5.73 Å².